The van der Waals surface area contributed by atoms with Gasteiger partial charge in [-0.25, -0.2) is 0 Å². The Morgan fingerprint density at radius 2 is 1.88 bits per heavy atom. The standard InChI is InChI=1S/C20H21N5O/c26-20(16-13-21-18-6-2-1-5-15(16)18)25-10-8-24(9-11-25)19-12-14-4-3-7-17(14)22-23-19/h1-2,5-6,12-13,21H,3-4,7-11H2. The average molecular weight is 347 g/mol. The van der Waals surface area contributed by atoms with Crippen molar-refractivity contribution in [3.05, 3.63) is 53.3 Å². The number of benzene rings is 1. The zero-order valence-electron chi connectivity index (χ0n) is 14.6. The molecule has 3 aromatic rings. The van der Waals surface area contributed by atoms with E-state index < -0.39 is 0 Å². The van der Waals surface area contributed by atoms with Gasteiger partial charge in [0.15, 0.2) is 5.82 Å². The van der Waals surface area contributed by atoms with Crippen molar-refractivity contribution in [2.45, 2.75) is 19.3 Å². The molecule has 2 aromatic heterocycles. The lowest BCUT2D eigenvalue weighted by Crippen LogP contribution is -2.49. The molecule has 0 bridgehead atoms. The van der Waals surface area contributed by atoms with Gasteiger partial charge in [-0.05, 0) is 37.0 Å². The van der Waals surface area contributed by atoms with Crippen LogP contribution < -0.4 is 4.90 Å². The van der Waals surface area contributed by atoms with E-state index in [4.69, 9.17) is 0 Å². The Morgan fingerprint density at radius 3 is 2.77 bits per heavy atom. The number of nitrogens with one attached hydrogen (secondary N) is 1. The van der Waals surface area contributed by atoms with Gasteiger partial charge < -0.3 is 14.8 Å². The molecule has 26 heavy (non-hydrogen) atoms. The second-order valence-corrected chi connectivity index (χ2v) is 7.06. The fraction of sp³-hybridized carbons (Fsp3) is 0.350. The Morgan fingerprint density at radius 1 is 1.04 bits per heavy atom. The molecule has 5 rings (SSSR count). The Kier molecular flexibility index (Phi) is 3.62. The molecule has 1 amide bonds. The highest BCUT2D eigenvalue weighted by Gasteiger charge is 2.25. The highest BCUT2D eigenvalue weighted by molar-refractivity contribution is 6.06. The van der Waals surface area contributed by atoms with Crippen molar-refractivity contribution in [1.29, 1.82) is 0 Å². The lowest BCUT2D eigenvalue weighted by atomic mass is 10.1. The van der Waals surface area contributed by atoms with Crippen LogP contribution in [-0.4, -0.2) is 52.2 Å². The number of amides is 1. The second kappa shape index (κ2) is 6.12. The Balaban J connectivity index is 1.30. The van der Waals surface area contributed by atoms with Gasteiger partial charge in [0, 0.05) is 43.3 Å². The lowest BCUT2D eigenvalue weighted by molar-refractivity contribution is 0.0748. The number of piperazine rings is 1. The lowest BCUT2D eigenvalue weighted by Gasteiger charge is -2.35. The molecular formula is C20H21N5O. The minimum atomic E-state index is 0.0992. The predicted octanol–water partition coefficient (Wildman–Crippen LogP) is 2.41. The number of aryl methyl sites for hydroxylation is 2. The number of rotatable bonds is 2. The summed E-state index contributed by atoms with van der Waals surface area (Å²) < 4.78 is 0. The van der Waals surface area contributed by atoms with Crippen LogP contribution in [0, 0.1) is 0 Å². The number of carbonyl (C=O) groups excluding carboxylic acids is 1. The van der Waals surface area contributed by atoms with Gasteiger partial charge in [0.05, 0.1) is 11.3 Å². The molecule has 1 fully saturated rings. The van der Waals surface area contributed by atoms with E-state index in [-0.39, 0.29) is 5.91 Å². The van der Waals surface area contributed by atoms with Gasteiger partial charge in [0.1, 0.15) is 0 Å². The van der Waals surface area contributed by atoms with E-state index >= 15 is 0 Å². The number of nitrogens with zero attached hydrogens (tertiary/aromatic N) is 4. The number of H-pyrrole nitrogens is 1. The highest BCUT2D eigenvalue weighted by Crippen LogP contribution is 2.24. The van der Waals surface area contributed by atoms with Crippen molar-refractivity contribution in [2.75, 3.05) is 31.1 Å². The first-order valence-corrected chi connectivity index (χ1v) is 9.25. The first-order valence-electron chi connectivity index (χ1n) is 9.25. The van der Waals surface area contributed by atoms with Crippen molar-refractivity contribution < 1.29 is 4.79 Å². The summed E-state index contributed by atoms with van der Waals surface area (Å²) in [7, 11) is 0. The van der Waals surface area contributed by atoms with Crippen LogP contribution in [0.5, 0.6) is 0 Å². The summed E-state index contributed by atoms with van der Waals surface area (Å²) in [5.41, 5.74) is 4.25. The molecule has 6 heteroatoms. The van der Waals surface area contributed by atoms with Gasteiger partial charge in [-0.15, -0.1) is 5.10 Å². The maximum Gasteiger partial charge on any atom is 0.256 e. The maximum atomic E-state index is 12.9. The van der Waals surface area contributed by atoms with E-state index in [0.29, 0.717) is 13.1 Å². The normalized spacial score (nSPS) is 16.9. The molecule has 1 saturated heterocycles. The number of anilines is 1. The summed E-state index contributed by atoms with van der Waals surface area (Å²) in [5.74, 6) is 1.05. The maximum absolute atomic E-state index is 12.9. The Bertz CT molecular complexity index is 971. The zero-order chi connectivity index (χ0) is 17.5. The minimum absolute atomic E-state index is 0.0992. The fourth-order valence-corrected chi connectivity index (χ4v) is 4.03. The number of aromatic amines is 1. The number of fused-ring (bicyclic) bond motifs is 2. The van der Waals surface area contributed by atoms with Gasteiger partial charge in [-0.1, -0.05) is 18.2 Å². The van der Waals surface area contributed by atoms with Gasteiger partial charge in [-0.2, -0.15) is 5.10 Å². The number of hydrogen-bond donors (Lipinski definition) is 1. The molecule has 0 unspecified atom stereocenters. The van der Waals surface area contributed by atoms with Crippen molar-refractivity contribution in [1.82, 2.24) is 20.1 Å². The number of aromatic nitrogens is 3. The smallest absolute Gasteiger partial charge is 0.256 e. The van der Waals surface area contributed by atoms with E-state index in [1.165, 1.54) is 12.0 Å². The monoisotopic (exact) mass is 347 g/mol. The van der Waals surface area contributed by atoms with Crippen molar-refractivity contribution in [2.24, 2.45) is 0 Å². The molecular weight excluding hydrogens is 326 g/mol. The van der Waals surface area contributed by atoms with Crippen molar-refractivity contribution in [3.63, 3.8) is 0 Å². The van der Waals surface area contributed by atoms with Crippen molar-refractivity contribution in [3.8, 4) is 0 Å². The van der Waals surface area contributed by atoms with E-state index in [1.807, 2.05) is 35.4 Å². The summed E-state index contributed by atoms with van der Waals surface area (Å²) >= 11 is 0. The Hall–Kier alpha value is -2.89. The number of hydrogen-bond acceptors (Lipinski definition) is 4. The number of carbonyl (C=O) groups is 1. The molecule has 6 nitrogen and oxygen atoms in total. The van der Waals surface area contributed by atoms with E-state index in [0.717, 1.165) is 53.9 Å². The number of para-hydroxylation sites is 1. The molecule has 132 valence electrons. The quantitative estimate of drug-likeness (QED) is 0.773. The third-order valence-corrected chi connectivity index (χ3v) is 5.52. The first kappa shape index (κ1) is 15.4. The highest BCUT2D eigenvalue weighted by atomic mass is 16.2. The fourth-order valence-electron chi connectivity index (χ4n) is 4.03. The van der Waals surface area contributed by atoms with Crippen LogP contribution in [0.1, 0.15) is 28.0 Å². The summed E-state index contributed by atoms with van der Waals surface area (Å²) in [5, 5.41) is 9.78. The van der Waals surface area contributed by atoms with Crippen LogP contribution in [0.2, 0.25) is 0 Å². The van der Waals surface area contributed by atoms with Gasteiger partial charge >= 0.3 is 0 Å². The van der Waals surface area contributed by atoms with E-state index in [2.05, 4.69) is 26.1 Å². The van der Waals surface area contributed by atoms with Gasteiger partial charge in [0.25, 0.3) is 5.91 Å². The molecule has 3 heterocycles. The zero-order valence-corrected chi connectivity index (χ0v) is 14.6. The van der Waals surface area contributed by atoms with Crippen molar-refractivity contribution >= 4 is 22.6 Å². The largest absolute Gasteiger partial charge is 0.360 e. The van der Waals surface area contributed by atoms with Gasteiger partial charge in [0.2, 0.25) is 0 Å². The molecule has 1 N–H and O–H groups in total. The second-order valence-electron chi connectivity index (χ2n) is 7.06. The predicted molar refractivity (Wildman–Crippen MR) is 100 cm³/mol. The van der Waals surface area contributed by atoms with Gasteiger partial charge in [-0.3, -0.25) is 4.79 Å². The molecule has 2 aliphatic rings. The minimum Gasteiger partial charge on any atom is -0.360 e. The average Bonchev–Trinajstić information content (AvgIpc) is 3.34. The van der Waals surface area contributed by atoms with Crippen LogP contribution in [0.15, 0.2) is 36.5 Å². The molecule has 1 aliphatic heterocycles. The van der Waals surface area contributed by atoms with Crippen LogP contribution in [0.3, 0.4) is 0 Å². The molecule has 0 spiro atoms. The third-order valence-electron chi connectivity index (χ3n) is 5.52. The molecule has 0 saturated carbocycles. The third kappa shape index (κ3) is 2.53. The molecule has 0 radical (unpaired) electrons. The van der Waals surface area contributed by atoms with Crippen LogP contribution in [-0.2, 0) is 12.8 Å². The molecule has 1 aliphatic carbocycles. The van der Waals surface area contributed by atoms with Crippen LogP contribution in [0.4, 0.5) is 5.82 Å². The van der Waals surface area contributed by atoms with E-state index in [9.17, 15) is 4.79 Å². The molecule has 0 atom stereocenters. The first-order chi connectivity index (χ1) is 12.8. The topological polar surface area (TPSA) is 65.1 Å². The SMILES string of the molecule is O=C(c1c[nH]c2ccccc12)N1CCN(c2cc3c(nn2)CCC3)CC1. The van der Waals surface area contributed by atoms with E-state index in [1.54, 1.807) is 0 Å². The summed E-state index contributed by atoms with van der Waals surface area (Å²) in [4.78, 5) is 20.3. The summed E-state index contributed by atoms with van der Waals surface area (Å²) in [6.45, 7) is 3.00. The molecule has 1 aromatic carbocycles. The Labute approximate surface area is 151 Å². The van der Waals surface area contributed by atoms with Crippen LogP contribution in [0.25, 0.3) is 10.9 Å². The van der Waals surface area contributed by atoms with Crippen LogP contribution >= 0.6 is 0 Å². The summed E-state index contributed by atoms with van der Waals surface area (Å²) in [6, 6.07) is 10.1. The summed E-state index contributed by atoms with van der Waals surface area (Å²) in [6.07, 6.45) is 5.16.